The number of hydrogen-bond acceptors (Lipinski definition) is 16. The first-order valence-electron chi connectivity index (χ1n) is 23.2. The summed E-state index contributed by atoms with van der Waals surface area (Å²) >= 11 is 0. The number of aliphatic carboxylic acids is 1. The zero-order chi connectivity index (χ0) is 55.1. The van der Waals surface area contributed by atoms with Gasteiger partial charge in [0.1, 0.15) is 21.4 Å². The van der Waals surface area contributed by atoms with E-state index in [1.807, 2.05) is 18.6 Å². The lowest BCUT2D eigenvalue weighted by molar-refractivity contribution is -0.163. The van der Waals surface area contributed by atoms with E-state index in [9.17, 15) is 49.9 Å². The maximum absolute atomic E-state index is 14.8. The van der Waals surface area contributed by atoms with Crippen LogP contribution in [0.15, 0.2) is 95.5 Å². The number of sulfonamides is 2. The van der Waals surface area contributed by atoms with Crippen molar-refractivity contribution in [3.63, 3.8) is 0 Å². The Hall–Kier alpha value is -7.64. The molecule has 2 aromatic carbocycles. The predicted octanol–water partition coefficient (Wildman–Crippen LogP) is 7.23. The Bertz CT molecular complexity index is 3320. The van der Waals surface area contributed by atoms with Gasteiger partial charge in [0.2, 0.25) is 34.0 Å². The molecule has 25 heteroatoms. The van der Waals surface area contributed by atoms with Crippen LogP contribution in [0, 0.1) is 11.6 Å². The lowest BCUT2D eigenvalue weighted by Gasteiger charge is -2.25. The summed E-state index contributed by atoms with van der Waals surface area (Å²) in [5.74, 6) is -5.08. The standard InChI is InChI=1S/C25H27FN4O6S.C19H20FNO5.C6H9N3O2S/c1-14(2)20-10-17(26)11-21(16-7-8-27-22(9-16)35-4)23(20)24(36-15(3)31)25(32)29-37(33,34)19-12-28-30(13-19)18-5-6-18;1-10(2)14-8-13(20)9-15(12-5-6-21-16(7-12)25-4)17(14)18(19(23)24)26-11(3)22;7-12(10,11)6-3-8-9(4-6)5-1-2-5/h7-14,18,24H,5-6H2,1-4H3,(H,29,32);5-10,18H,1-4H3,(H,23,24);3-5H,1-2H2,(H2,7,10,11). The maximum Gasteiger partial charge on any atom is 0.349 e. The molecular weight excluding hydrogens is 1020 g/mol. The Morgan fingerprint density at radius 1 is 0.680 bits per heavy atom. The Morgan fingerprint density at radius 3 is 1.47 bits per heavy atom. The van der Waals surface area contributed by atoms with Gasteiger partial charge in [-0.25, -0.2) is 50.2 Å². The summed E-state index contributed by atoms with van der Waals surface area (Å²) in [6.07, 6.45) is 8.87. The van der Waals surface area contributed by atoms with Crippen LogP contribution < -0.4 is 19.3 Å². The van der Waals surface area contributed by atoms with Gasteiger partial charge in [0.25, 0.3) is 15.9 Å². The lowest BCUT2D eigenvalue weighted by Crippen LogP contribution is -2.37. The lowest BCUT2D eigenvalue weighted by atomic mass is 9.87. The van der Waals surface area contributed by atoms with Gasteiger partial charge < -0.3 is 24.1 Å². The second-order valence-corrected chi connectivity index (χ2v) is 21.2. The molecule has 8 rings (SSSR count). The number of benzene rings is 2. The maximum atomic E-state index is 14.8. The van der Waals surface area contributed by atoms with Gasteiger partial charge in [-0.1, -0.05) is 27.7 Å². The fourth-order valence-electron chi connectivity index (χ4n) is 7.73. The van der Waals surface area contributed by atoms with E-state index >= 15 is 0 Å². The van der Waals surface area contributed by atoms with Crippen LogP contribution in [-0.2, 0) is 48.7 Å². The van der Waals surface area contributed by atoms with E-state index in [0.717, 1.165) is 45.7 Å². The van der Waals surface area contributed by atoms with E-state index in [1.54, 1.807) is 36.7 Å². The number of primary sulfonamides is 1. The van der Waals surface area contributed by atoms with Gasteiger partial charge in [0.15, 0.2) is 0 Å². The zero-order valence-electron chi connectivity index (χ0n) is 42.1. The molecule has 21 nitrogen and oxygen atoms in total. The first kappa shape index (κ1) is 56.7. The molecule has 2 unspecified atom stereocenters. The second kappa shape index (κ2) is 23.7. The number of rotatable bonds is 17. The SMILES string of the molecule is COc1cc(-c2cc(F)cc(C(C)C)c2C(OC(C)=O)C(=O)NS(=O)(=O)c2cnn(C3CC3)c2)ccn1.COc1cc(-c2cc(F)cc(C(C)C)c2C(OC(C)=O)C(=O)O)ccn1.NS(=O)(=O)c1cnn(C2CC2)c1. The predicted molar refractivity (Wildman–Crippen MR) is 265 cm³/mol. The van der Waals surface area contributed by atoms with E-state index in [4.69, 9.17) is 24.1 Å². The third-order valence-electron chi connectivity index (χ3n) is 11.5. The first-order valence-corrected chi connectivity index (χ1v) is 26.3. The van der Waals surface area contributed by atoms with Gasteiger partial charge in [-0.2, -0.15) is 10.2 Å². The molecule has 2 aliphatic carbocycles. The number of amides is 1. The summed E-state index contributed by atoms with van der Waals surface area (Å²) in [5.41, 5.74) is 2.68. The molecule has 0 bridgehead atoms. The largest absolute Gasteiger partial charge is 0.481 e. The monoisotopic (exact) mass is 1080 g/mol. The number of halogens is 2. The highest BCUT2D eigenvalue weighted by Gasteiger charge is 2.36. The number of nitrogens with one attached hydrogen (secondary N) is 1. The van der Waals surface area contributed by atoms with Crippen molar-refractivity contribution < 1.29 is 68.8 Å². The van der Waals surface area contributed by atoms with Crippen molar-refractivity contribution in [2.45, 2.75) is 113 Å². The molecule has 0 spiro atoms. The molecule has 2 atom stereocenters. The molecular formula is C50H56F2N8O13S2. The van der Waals surface area contributed by atoms with Gasteiger partial charge in [-0.05, 0) is 107 Å². The van der Waals surface area contributed by atoms with Crippen LogP contribution >= 0.6 is 0 Å². The topological polar surface area (TPSA) is 293 Å². The van der Waals surface area contributed by atoms with Gasteiger partial charge in [0.05, 0.1) is 38.7 Å². The van der Waals surface area contributed by atoms with Crippen LogP contribution in [0.2, 0.25) is 0 Å². The molecule has 6 aromatic rings. The van der Waals surface area contributed by atoms with Crippen molar-refractivity contribution in [1.82, 2.24) is 34.3 Å². The van der Waals surface area contributed by atoms with Gasteiger partial charge in [-0.15, -0.1) is 0 Å². The number of esters is 2. The van der Waals surface area contributed by atoms with Gasteiger partial charge >= 0.3 is 17.9 Å². The van der Waals surface area contributed by atoms with Gasteiger partial charge in [0, 0.05) is 61.9 Å². The summed E-state index contributed by atoms with van der Waals surface area (Å²) in [5, 5.41) is 22.5. The summed E-state index contributed by atoms with van der Waals surface area (Å²) in [4.78, 5) is 56.7. The molecule has 0 radical (unpaired) electrons. The minimum absolute atomic E-state index is 0.0920. The number of carbonyl (C=O) groups excluding carboxylic acids is 3. The number of nitrogens with zero attached hydrogens (tertiary/aromatic N) is 6. The number of ether oxygens (including phenoxy) is 4. The number of carboxylic acids is 1. The van der Waals surface area contributed by atoms with E-state index in [0.29, 0.717) is 39.7 Å². The highest BCUT2D eigenvalue weighted by Crippen LogP contribution is 2.41. The summed E-state index contributed by atoms with van der Waals surface area (Å²) in [6.45, 7) is 9.40. The minimum atomic E-state index is -4.34. The normalized spacial score (nSPS) is 14.1. The molecule has 4 aromatic heterocycles. The third-order valence-corrected chi connectivity index (χ3v) is 13.7. The summed E-state index contributed by atoms with van der Waals surface area (Å²) in [6, 6.07) is 11.7. The smallest absolute Gasteiger partial charge is 0.349 e. The van der Waals surface area contributed by atoms with Crippen molar-refractivity contribution in [2.24, 2.45) is 5.14 Å². The number of pyridine rings is 2. The minimum Gasteiger partial charge on any atom is -0.481 e. The van der Waals surface area contributed by atoms with Crippen LogP contribution in [0.25, 0.3) is 22.3 Å². The van der Waals surface area contributed by atoms with Crippen molar-refractivity contribution in [1.29, 1.82) is 0 Å². The number of carbonyl (C=O) groups is 4. The fourth-order valence-corrected chi connectivity index (χ4v) is 9.10. The van der Waals surface area contributed by atoms with Crippen LogP contribution in [0.5, 0.6) is 11.8 Å². The molecule has 1 amide bonds. The first-order chi connectivity index (χ1) is 35.3. The number of nitrogens with two attached hydrogens (primary N) is 1. The Labute approximate surface area is 431 Å². The van der Waals surface area contributed by atoms with E-state index in [-0.39, 0.29) is 50.2 Å². The molecule has 400 valence electrons. The molecule has 2 saturated carbocycles. The van der Waals surface area contributed by atoms with E-state index in [1.165, 1.54) is 80.2 Å². The highest BCUT2D eigenvalue weighted by molar-refractivity contribution is 7.90. The number of hydrogen-bond donors (Lipinski definition) is 3. The molecule has 2 aliphatic rings. The van der Waals surface area contributed by atoms with Crippen molar-refractivity contribution in [3.05, 3.63) is 120 Å². The van der Waals surface area contributed by atoms with Crippen molar-refractivity contribution in [3.8, 4) is 34.0 Å². The second-order valence-electron chi connectivity index (χ2n) is 18.0. The molecule has 2 fully saturated rings. The molecule has 75 heavy (non-hydrogen) atoms. The quantitative estimate of drug-likeness (QED) is 0.0759. The zero-order valence-corrected chi connectivity index (χ0v) is 43.7. The highest BCUT2D eigenvalue weighted by atomic mass is 32.2. The van der Waals surface area contributed by atoms with Crippen molar-refractivity contribution in [2.75, 3.05) is 14.2 Å². The Balaban J connectivity index is 0.000000207. The Kier molecular flexibility index (Phi) is 17.9. The molecule has 0 aliphatic heterocycles. The average Bonchev–Trinajstić information content (AvgIpc) is 4.28. The number of carboxylic acid groups (broad SMARTS) is 1. The van der Waals surface area contributed by atoms with E-state index in [2.05, 4.69) is 20.2 Å². The van der Waals surface area contributed by atoms with Crippen LogP contribution in [0.1, 0.15) is 126 Å². The summed E-state index contributed by atoms with van der Waals surface area (Å²) in [7, 11) is -5.05. The van der Waals surface area contributed by atoms with Crippen LogP contribution in [0.3, 0.4) is 0 Å². The molecule has 0 saturated heterocycles. The molecule has 4 heterocycles. The van der Waals surface area contributed by atoms with E-state index < -0.39 is 67.7 Å². The van der Waals surface area contributed by atoms with Crippen LogP contribution in [-0.4, -0.2) is 89.5 Å². The summed E-state index contributed by atoms with van der Waals surface area (Å²) < 4.78 is 103. The average molecular weight is 1080 g/mol. The third kappa shape index (κ3) is 14.6. The van der Waals surface area contributed by atoms with Crippen LogP contribution in [0.4, 0.5) is 8.78 Å². The number of methoxy groups -OCH3 is 2. The fraction of sp³-hybridized carbons (Fsp3) is 0.360. The van der Waals surface area contributed by atoms with Crippen molar-refractivity contribution >= 4 is 43.9 Å². The molecule has 4 N–H and O–H groups in total. The van der Waals surface area contributed by atoms with Gasteiger partial charge in [-0.3, -0.25) is 23.7 Å². The number of aromatic nitrogens is 6. The Morgan fingerprint density at radius 2 is 1.09 bits per heavy atom.